The number of rotatable bonds is 5. The zero-order valence-corrected chi connectivity index (χ0v) is 11.4. The molecule has 1 aromatic rings. The van der Waals surface area contributed by atoms with E-state index in [1.807, 2.05) is 24.3 Å². The number of amides is 1. The minimum absolute atomic E-state index is 0.00459. The van der Waals surface area contributed by atoms with E-state index in [4.69, 9.17) is 10.5 Å². The summed E-state index contributed by atoms with van der Waals surface area (Å²) < 4.78 is 5.55. The Balaban J connectivity index is 1.93. The van der Waals surface area contributed by atoms with Crippen LogP contribution < -0.4 is 11.1 Å². The van der Waals surface area contributed by atoms with Gasteiger partial charge in [-0.15, -0.1) is 0 Å². The zero-order valence-electron chi connectivity index (χ0n) is 11.4. The Morgan fingerprint density at radius 2 is 2.16 bits per heavy atom. The first-order valence-electron chi connectivity index (χ1n) is 6.92. The van der Waals surface area contributed by atoms with Crippen LogP contribution in [0.1, 0.15) is 30.9 Å². The molecule has 1 fully saturated rings. The summed E-state index contributed by atoms with van der Waals surface area (Å²) in [6, 6.07) is 7.93. The maximum atomic E-state index is 12.2. The standard InChI is InChI=1S/C15H22N2O2/c1-2-14-13(7-8-19-14)15(18)17-10-12-6-4-3-5-11(12)9-16/h3-6,13-14H,2,7-10,16H2,1H3,(H,17,18). The van der Waals surface area contributed by atoms with Gasteiger partial charge in [0.1, 0.15) is 0 Å². The van der Waals surface area contributed by atoms with E-state index in [1.54, 1.807) is 0 Å². The van der Waals surface area contributed by atoms with Gasteiger partial charge in [-0.2, -0.15) is 0 Å². The van der Waals surface area contributed by atoms with E-state index in [0.29, 0.717) is 19.7 Å². The van der Waals surface area contributed by atoms with Crippen molar-refractivity contribution >= 4 is 5.91 Å². The van der Waals surface area contributed by atoms with E-state index in [0.717, 1.165) is 24.0 Å². The number of ether oxygens (including phenoxy) is 1. The van der Waals surface area contributed by atoms with E-state index < -0.39 is 0 Å². The number of nitrogens with one attached hydrogen (secondary N) is 1. The van der Waals surface area contributed by atoms with E-state index in [2.05, 4.69) is 12.2 Å². The Kier molecular flexibility index (Phi) is 4.93. The minimum atomic E-state index is -0.00459. The predicted octanol–water partition coefficient (Wildman–Crippen LogP) is 1.58. The highest BCUT2D eigenvalue weighted by Gasteiger charge is 2.32. The predicted molar refractivity (Wildman–Crippen MR) is 74.3 cm³/mol. The normalized spacial score (nSPS) is 22.4. The summed E-state index contributed by atoms with van der Waals surface area (Å²) in [6.07, 6.45) is 1.78. The van der Waals surface area contributed by atoms with Crippen LogP contribution >= 0.6 is 0 Å². The molecule has 0 bridgehead atoms. The molecule has 1 aliphatic heterocycles. The van der Waals surface area contributed by atoms with Crippen molar-refractivity contribution in [2.75, 3.05) is 6.61 Å². The highest BCUT2D eigenvalue weighted by atomic mass is 16.5. The van der Waals surface area contributed by atoms with Crippen LogP contribution in [0, 0.1) is 5.92 Å². The summed E-state index contributed by atoms with van der Waals surface area (Å²) >= 11 is 0. The summed E-state index contributed by atoms with van der Waals surface area (Å²) in [5.41, 5.74) is 7.86. The van der Waals surface area contributed by atoms with Crippen LogP contribution in [0.5, 0.6) is 0 Å². The molecule has 4 heteroatoms. The molecule has 4 nitrogen and oxygen atoms in total. The Bertz CT molecular complexity index is 434. The Morgan fingerprint density at radius 3 is 2.84 bits per heavy atom. The summed E-state index contributed by atoms with van der Waals surface area (Å²) in [5, 5.41) is 3.01. The summed E-state index contributed by atoms with van der Waals surface area (Å²) in [6.45, 7) is 3.78. The molecular weight excluding hydrogens is 240 g/mol. The summed E-state index contributed by atoms with van der Waals surface area (Å²) in [5.74, 6) is 0.0891. The van der Waals surface area contributed by atoms with Crippen LogP contribution in [0.3, 0.4) is 0 Å². The molecule has 0 aliphatic carbocycles. The molecular formula is C15H22N2O2. The van der Waals surface area contributed by atoms with Crippen LogP contribution in [0.15, 0.2) is 24.3 Å². The highest BCUT2D eigenvalue weighted by Crippen LogP contribution is 2.23. The van der Waals surface area contributed by atoms with Crippen molar-refractivity contribution in [1.82, 2.24) is 5.32 Å². The average Bonchev–Trinajstić information content (AvgIpc) is 2.93. The van der Waals surface area contributed by atoms with Crippen molar-refractivity contribution < 1.29 is 9.53 Å². The molecule has 2 rings (SSSR count). The third kappa shape index (κ3) is 3.33. The van der Waals surface area contributed by atoms with Crippen molar-refractivity contribution in [2.45, 2.75) is 39.0 Å². The largest absolute Gasteiger partial charge is 0.377 e. The minimum Gasteiger partial charge on any atom is -0.377 e. The molecule has 0 aromatic heterocycles. The Labute approximate surface area is 114 Å². The van der Waals surface area contributed by atoms with E-state index in [-0.39, 0.29) is 17.9 Å². The van der Waals surface area contributed by atoms with Gasteiger partial charge in [-0.25, -0.2) is 0 Å². The van der Waals surface area contributed by atoms with Crippen LogP contribution in [-0.2, 0) is 22.6 Å². The molecule has 2 unspecified atom stereocenters. The maximum absolute atomic E-state index is 12.2. The fraction of sp³-hybridized carbons (Fsp3) is 0.533. The second-order valence-corrected chi connectivity index (χ2v) is 4.90. The molecule has 2 atom stereocenters. The fourth-order valence-corrected chi connectivity index (χ4v) is 2.59. The van der Waals surface area contributed by atoms with Gasteiger partial charge in [-0.3, -0.25) is 4.79 Å². The van der Waals surface area contributed by atoms with E-state index >= 15 is 0 Å². The lowest BCUT2D eigenvalue weighted by molar-refractivity contribution is -0.126. The molecule has 0 radical (unpaired) electrons. The van der Waals surface area contributed by atoms with Gasteiger partial charge in [0, 0.05) is 19.7 Å². The molecule has 1 saturated heterocycles. The first kappa shape index (κ1) is 14.0. The first-order valence-corrected chi connectivity index (χ1v) is 6.92. The monoisotopic (exact) mass is 262 g/mol. The third-order valence-electron chi connectivity index (χ3n) is 3.74. The highest BCUT2D eigenvalue weighted by molar-refractivity contribution is 5.79. The quantitative estimate of drug-likeness (QED) is 0.846. The second-order valence-electron chi connectivity index (χ2n) is 4.90. The fourth-order valence-electron chi connectivity index (χ4n) is 2.59. The lowest BCUT2D eigenvalue weighted by atomic mass is 9.98. The SMILES string of the molecule is CCC1OCCC1C(=O)NCc1ccccc1CN. The number of carbonyl (C=O) groups excluding carboxylic acids is 1. The third-order valence-corrected chi connectivity index (χ3v) is 3.74. The first-order chi connectivity index (χ1) is 9.26. The summed E-state index contributed by atoms with van der Waals surface area (Å²) in [7, 11) is 0. The van der Waals surface area contributed by atoms with E-state index in [9.17, 15) is 4.79 Å². The van der Waals surface area contributed by atoms with Gasteiger partial charge in [-0.05, 0) is 24.0 Å². The number of hydrogen-bond acceptors (Lipinski definition) is 3. The molecule has 1 heterocycles. The van der Waals surface area contributed by atoms with Crippen molar-refractivity contribution in [3.8, 4) is 0 Å². The van der Waals surface area contributed by atoms with Gasteiger partial charge in [0.2, 0.25) is 5.91 Å². The molecule has 3 N–H and O–H groups in total. The number of hydrogen-bond donors (Lipinski definition) is 2. The molecule has 0 spiro atoms. The molecule has 1 aromatic carbocycles. The molecule has 0 saturated carbocycles. The maximum Gasteiger partial charge on any atom is 0.226 e. The van der Waals surface area contributed by atoms with Gasteiger partial charge >= 0.3 is 0 Å². The van der Waals surface area contributed by atoms with Crippen LogP contribution in [0.2, 0.25) is 0 Å². The lowest BCUT2D eigenvalue weighted by Gasteiger charge is -2.17. The number of benzene rings is 1. The Hall–Kier alpha value is -1.39. The van der Waals surface area contributed by atoms with Gasteiger partial charge in [0.25, 0.3) is 0 Å². The lowest BCUT2D eigenvalue weighted by Crippen LogP contribution is -2.34. The van der Waals surface area contributed by atoms with Crippen LogP contribution in [-0.4, -0.2) is 18.6 Å². The summed E-state index contributed by atoms with van der Waals surface area (Å²) in [4.78, 5) is 12.2. The average molecular weight is 262 g/mol. The molecule has 104 valence electrons. The second kappa shape index (κ2) is 6.68. The number of nitrogens with two attached hydrogens (primary N) is 1. The van der Waals surface area contributed by atoms with Gasteiger partial charge < -0.3 is 15.8 Å². The van der Waals surface area contributed by atoms with Gasteiger partial charge in [0.05, 0.1) is 12.0 Å². The topological polar surface area (TPSA) is 64.3 Å². The van der Waals surface area contributed by atoms with Gasteiger partial charge in [0.15, 0.2) is 0 Å². The Morgan fingerprint density at radius 1 is 1.42 bits per heavy atom. The van der Waals surface area contributed by atoms with Crippen LogP contribution in [0.4, 0.5) is 0 Å². The van der Waals surface area contributed by atoms with E-state index in [1.165, 1.54) is 0 Å². The smallest absolute Gasteiger partial charge is 0.226 e. The van der Waals surface area contributed by atoms with Crippen molar-refractivity contribution in [2.24, 2.45) is 11.7 Å². The van der Waals surface area contributed by atoms with Gasteiger partial charge in [-0.1, -0.05) is 31.2 Å². The van der Waals surface area contributed by atoms with Crippen molar-refractivity contribution in [1.29, 1.82) is 0 Å². The number of carbonyl (C=O) groups is 1. The zero-order chi connectivity index (χ0) is 13.7. The van der Waals surface area contributed by atoms with Crippen LogP contribution in [0.25, 0.3) is 0 Å². The molecule has 1 amide bonds. The van der Waals surface area contributed by atoms with Crippen molar-refractivity contribution in [3.63, 3.8) is 0 Å². The molecule has 19 heavy (non-hydrogen) atoms. The van der Waals surface area contributed by atoms with Crippen molar-refractivity contribution in [3.05, 3.63) is 35.4 Å². The molecule has 1 aliphatic rings.